The van der Waals surface area contributed by atoms with Crippen molar-refractivity contribution >= 4 is 40.7 Å². The first-order valence-electron chi connectivity index (χ1n) is 9.08. The van der Waals surface area contributed by atoms with Gasteiger partial charge in [-0.05, 0) is 49.7 Å². The average molecular weight is 453 g/mol. The fourth-order valence-corrected chi connectivity index (χ4v) is 3.69. The van der Waals surface area contributed by atoms with E-state index in [0.717, 1.165) is 17.8 Å². The van der Waals surface area contributed by atoms with E-state index in [-0.39, 0.29) is 18.6 Å². The fraction of sp³-hybridized carbons (Fsp3) is 0.238. The highest BCUT2D eigenvalue weighted by Crippen LogP contribution is 2.36. The van der Waals surface area contributed by atoms with Crippen molar-refractivity contribution in [3.05, 3.63) is 80.6 Å². The highest BCUT2D eigenvalue weighted by atomic mass is 35.5. The van der Waals surface area contributed by atoms with E-state index in [1.54, 1.807) is 30.3 Å². The first kappa shape index (κ1) is 21.5. The molecule has 0 radical (unpaired) electrons. The Morgan fingerprint density at radius 2 is 1.90 bits per heavy atom. The zero-order valence-corrected chi connectivity index (χ0v) is 18.2. The van der Waals surface area contributed by atoms with Gasteiger partial charge in [-0.25, -0.2) is 0 Å². The second-order valence-corrected chi connectivity index (χ2v) is 7.73. The Balaban J connectivity index is 1.66. The van der Waals surface area contributed by atoms with Crippen LogP contribution in [0.15, 0.2) is 48.7 Å². The molecular formula is C21H20Cl3N3O2. The van der Waals surface area contributed by atoms with E-state index in [2.05, 4.69) is 10.4 Å². The predicted molar refractivity (Wildman–Crippen MR) is 116 cm³/mol. The van der Waals surface area contributed by atoms with Gasteiger partial charge in [0, 0.05) is 23.3 Å². The van der Waals surface area contributed by atoms with Crippen molar-refractivity contribution in [2.75, 3.05) is 0 Å². The van der Waals surface area contributed by atoms with Crippen molar-refractivity contribution in [1.29, 1.82) is 0 Å². The summed E-state index contributed by atoms with van der Waals surface area (Å²) in [6, 6.07) is 12.0. The molecule has 0 saturated heterocycles. The number of carbonyl (C=O) groups is 1. The maximum absolute atomic E-state index is 12.6. The minimum Gasteiger partial charge on any atom is -0.486 e. The molecule has 1 amide bonds. The number of nitrogens with zero attached hydrogens (tertiary/aromatic N) is 2. The standard InChI is InChI=1S/C21H20Cl3N3O2/c1-3-27-8-7-19(26-27)13(2)25-21(28)15-6-4-5-14(9-15)12-29-20-17(23)10-16(22)11-18(20)24/h4-11,13H,3,12H2,1-2H3,(H,25,28). The van der Waals surface area contributed by atoms with Crippen LogP contribution in [0.25, 0.3) is 0 Å². The molecule has 0 spiro atoms. The number of amides is 1. The maximum Gasteiger partial charge on any atom is 0.251 e. The molecule has 0 bridgehead atoms. The van der Waals surface area contributed by atoms with Gasteiger partial charge in [0.2, 0.25) is 0 Å². The number of aryl methyl sites for hydroxylation is 1. The second-order valence-electron chi connectivity index (χ2n) is 6.48. The van der Waals surface area contributed by atoms with Crippen LogP contribution in [-0.2, 0) is 13.2 Å². The number of ether oxygens (including phenoxy) is 1. The molecule has 3 aromatic rings. The average Bonchev–Trinajstić information content (AvgIpc) is 3.17. The number of benzene rings is 2. The van der Waals surface area contributed by atoms with Crippen LogP contribution in [0, 0.1) is 0 Å². The monoisotopic (exact) mass is 451 g/mol. The van der Waals surface area contributed by atoms with Gasteiger partial charge in [-0.1, -0.05) is 46.9 Å². The lowest BCUT2D eigenvalue weighted by atomic mass is 10.1. The molecule has 0 saturated carbocycles. The van der Waals surface area contributed by atoms with E-state index in [4.69, 9.17) is 39.5 Å². The number of aromatic nitrogens is 2. The Bertz CT molecular complexity index is 997. The topological polar surface area (TPSA) is 56.2 Å². The Kier molecular flexibility index (Phi) is 7.06. The fourth-order valence-electron chi connectivity index (χ4n) is 2.76. The number of hydrogen-bond acceptors (Lipinski definition) is 3. The van der Waals surface area contributed by atoms with Gasteiger partial charge >= 0.3 is 0 Å². The van der Waals surface area contributed by atoms with Crippen LogP contribution in [0.2, 0.25) is 15.1 Å². The molecule has 0 fully saturated rings. The number of rotatable bonds is 7. The molecular weight excluding hydrogens is 433 g/mol. The summed E-state index contributed by atoms with van der Waals surface area (Å²) in [5, 5.41) is 8.48. The molecule has 5 nitrogen and oxygen atoms in total. The number of hydrogen-bond donors (Lipinski definition) is 1. The van der Waals surface area contributed by atoms with E-state index >= 15 is 0 Å². The van der Waals surface area contributed by atoms with Gasteiger partial charge in [0.05, 0.1) is 21.8 Å². The van der Waals surface area contributed by atoms with Gasteiger partial charge in [-0.3, -0.25) is 9.48 Å². The Morgan fingerprint density at radius 1 is 1.17 bits per heavy atom. The third-order valence-electron chi connectivity index (χ3n) is 4.31. The molecule has 29 heavy (non-hydrogen) atoms. The van der Waals surface area contributed by atoms with Gasteiger partial charge in [-0.2, -0.15) is 5.10 Å². The maximum atomic E-state index is 12.6. The lowest BCUT2D eigenvalue weighted by Gasteiger charge is -2.13. The van der Waals surface area contributed by atoms with Crippen molar-refractivity contribution < 1.29 is 9.53 Å². The molecule has 1 heterocycles. The Labute approximate surface area is 184 Å². The molecule has 152 valence electrons. The largest absolute Gasteiger partial charge is 0.486 e. The predicted octanol–water partition coefficient (Wildman–Crippen LogP) is 5.93. The van der Waals surface area contributed by atoms with E-state index < -0.39 is 0 Å². The van der Waals surface area contributed by atoms with Crippen molar-refractivity contribution in [1.82, 2.24) is 15.1 Å². The molecule has 0 aliphatic rings. The van der Waals surface area contributed by atoms with Gasteiger partial charge in [0.15, 0.2) is 5.75 Å². The van der Waals surface area contributed by atoms with Crippen molar-refractivity contribution in [3.8, 4) is 5.75 Å². The van der Waals surface area contributed by atoms with Gasteiger partial charge in [0.1, 0.15) is 6.61 Å². The van der Waals surface area contributed by atoms with Crippen LogP contribution < -0.4 is 10.1 Å². The molecule has 1 N–H and O–H groups in total. The third kappa shape index (κ3) is 5.44. The molecule has 8 heteroatoms. The van der Waals surface area contributed by atoms with Gasteiger partial charge < -0.3 is 10.1 Å². The van der Waals surface area contributed by atoms with Gasteiger partial charge in [0.25, 0.3) is 5.91 Å². The third-order valence-corrected chi connectivity index (χ3v) is 5.09. The molecule has 0 aliphatic heterocycles. The van der Waals surface area contributed by atoms with Crippen molar-refractivity contribution in [2.45, 2.75) is 33.0 Å². The smallest absolute Gasteiger partial charge is 0.251 e. The molecule has 1 aromatic heterocycles. The summed E-state index contributed by atoms with van der Waals surface area (Å²) in [6.07, 6.45) is 1.89. The summed E-state index contributed by atoms with van der Waals surface area (Å²) >= 11 is 18.2. The van der Waals surface area contributed by atoms with Crippen molar-refractivity contribution in [2.24, 2.45) is 0 Å². The Hall–Kier alpha value is -2.21. The highest BCUT2D eigenvalue weighted by Gasteiger charge is 2.15. The molecule has 1 atom stereocenters. The van der Waals surface area contributed by atoms with E-state index in [1.165, 1.54) is 0 Å². The van der Waals surface area contributed by atoms with Crippen LogP contribution in [0.5, 0.6) is 5.75 Å². The second kappa shape index (κ2) is 9.53. The zero-order chi connectivity index (χ0) is 21.0. The number of carbonyl (C=O) groups excluding carboxylic acids is 1. The minimum atomic E-state index is -0.207. The number of halogens is 3. The Morgan fingerprint density at radius 3 is 2.55 bits per heavy atom. The van der Waals surface area contributed by atoms with Crippen LogP contribution in [0.4, 0.5) is 0 Å². The first-order chi connectivity index (χ1) is 13.9. The van der Waals surface area contributed by atoms with Crippen LogP contribution in [0.1, 0.15) is 41.5 Å². The van der Waals surface area contributed by atoms with E-state index in [9.17, 15) is 4.79 Å². The normalized spacial score (nSPS) is 11.9. The molecule has 0 aliphatic carbocycles. The van der Waals surface area contributed by atoms with Crippen molar-refractivity contribution in [3.63, 3.8) is 0 Å². The highest BCUT2D eigenvalue weighted by molar-refractivity contribution is 6.40. The quantitative estimate of drug-likeness (QED) is 0.483. The molecule has 3 rings (SSSR count). The number of nitrogens with one attached hydrogen (secondary N) is 1. The van der Waals surface area contributed by atoms with Crippen LogP contribution in [-0.4, -0.2) is 15.7 Å². The minimum absolute atomic E-state index is 0.187. The lowest BCUT2D eigenvalue weighted by molar-refractivity contribution is 0.0939. The van der Waals surface area contributed by atoms with E-state index in [1.807, 2.05) is 36.9 Å². The molecule has 1 unspecified atom stereocenters. The summed E-state index contributed by atoms with van der Waals surface area (Å²) in [4.78, 5) is 12.6. The summed E-state index contributed by atoms with van der Waals surface area (Å²) in [5.41, 5.74) is 2.15. The summed E-state index contributed by atoms with van der Waals surface area (Å²) in [7, 11) is 0. The molecule has 2 aromatic carbocycles. The lowest BCUT2D eigenvalue weighted by Crippen LogP contribution is -2.27. The SMILES string of the molecule is CCn1ccc(C(C)NC(=O)c2cccc(COc3c(Cl)cc(Cl)cc3Cl)c2)n1. The first-order valence-corrected chi connectivity index (χ1v) is 10.2. The van der Waals surface area contributed by atoms with Crippen LogP contribution in [0.3, 0.4) is 0 Å². The zero-order valence-electron chi connectivity index (χ0n) is 16.0. The van der Waals surface area contributed by atoms with Gasteiger partial charge in [-0.15, -0.1) is 0 Å². The van der Waals surface area contributed by atoms with E-state index in [0.29, 0.717) is 26.4 Å². The summed E-state index contributed by atoms with van der Waals surface area (Å²) in [6.45, 7) is 4.90. The van der Waals surface area contributed by atoms with Crippen LogP contribution >= 0.6 is 34.8 Å². The summed E-state index contributed by atoms with van der Waals surface area (Å²) in [5.74, 6) is 0.167. The summed E-state index contributed by atoms with van der Waals surface area (Å²) < 4.78 is 7.56.